The number of piperidine rings is 1. The molecule has 1 saturated heterocycles. The number of halogens is 3. The Morgan fingerprint density at radius 3 is 2.15 bits per heavy atom. The molecule has 1 unspecified atom stereocenters. The molecular weight excluding hydrogens is 196 g/mol. The molecule has 0 aromatic heterocycles. The molecule has 1 aliphatic rings. The lowest BCUT2D eigenvalue weighted by Gasteiger charge is -2.45. The summed E-state index contributed by atoms with van der Waals surface area (Å²) in [7, 11) is 0. The molecule has 80 valence electrons. The summed E-state index contributed by atoms with van der Waals surface area (Å²) in [5.74, 6) is -2.59. The lowest BCUT2D eigenvalue weighted by atomic mass is 9.78. The Labute approximate surface area is 84.7 Å². The fourth-order valence-corrected chi connectivity index (χ4v) is 1.67. The molecule has 1 N–H and O–H groups in total. The second-order valence-electron chi connectivity index (χ2n) is 4.09. The van der Waals surface area contributed by atoms with Gasteiger partial charge in [-0.3, -0.25) is 0 Å². The van der Waals surface area contributed by atoms with Crippen molar-refractivity contribution in [3.05, 3.63) is 0 Å². The average Bonchev–Trinajstić information content (AvgIpc) is 1.95. The van der Waals surface area contributed by atoms with Crippen molar-refractivity contribution in [3.63, 3.8) is 0 Å². The summed E-state index contributed by atoms with van der Waals surface area (Å²) < 4.78 is 26.9. The fourth-order valence-electron chi connectivity index (χ4n) is 1.67. The Kier molecular flexibility index (Phi) is 4.13. The van der Waals surface area contributed by atoms with Crippen molar-refractivity contribution in [2.45, 2.75) is 45.1 Å². The quantitative estimate of drug-likeness (QED) is 0.707. The summed E-state index contributed by atoms with van der Waals surface area (Å²) >= 11 is 0. The Morgan fingerprint density at radius 2 is 1.85 bits per heavy atom. The van der Waals surface area contributed by atoms with Crippen molar-refractivity contribution in [3.8, 4) is 0 Å². The van der Waals surface area contributed by atoms with Gasteiger partial charge in [0.25, 0.3) is 5.92 Å². The molecule has 1 atom stereocenters. The van der Waals surface area contributed by atoms with E-state index in [0.717, 1.165) is 0 Å². The fraction of sp³-hybridized carbons (Fsp3) is 1.00. The molecule has 0 saturated carbocycles. The van der Waals surface area contributed by atoms with Gasteiger partial charge in [0, 0.05) is 6.42 Å². The van der Waals surface area contributed by atoms with Crippen LogP contribution < -0.4 is 5.32 Å². The smallest absolute Gasteiger partial charge is 0.265 e. The highest BCUT2D eigenvalue weighted by Gasteiger charge is 2.52. The number of hydrogen-bond acceptors (Lipinski definition) is 1. The summed E-state index contributed by atoms with van der Waals surface area (Å²) in [5, 5.41) is 2.94. The summed E-state index contributed by atoms with van der Waals surface area (Å²) in [6.07, 6.45) is 0.601. The van der Waals surface area contributed by atoms with E-state index in [1.807, 2.05) is 13.8 Å². The van der Waals surface area contributed by atoms with E-state index in [9.17, 15) is 8.78 Å². The first-order chi connectivity index (χ1) is 5.40. The zero-order chi connectivity index (χ0) is 9.41. The highest BCUT2D eigenvalue weighted by Crippen LogP contribution is 2.40. The second kappa shape index (κ2) is 4.09. The van der Waals surface area contributed by atoms with E-state index >= 15 is 0 Å². The van der Waals surface area contributed by atoms with E-state index in [1.54, 1.807) is 6.92 Å². The Hall–Kier alpha value is 0.110. The Morgan fingerprint density at radius 1 is 1.31 bits per heavy atom. The normalized spacial score (nSPS) is 32.8. The standard InChI is InChI=1S/C9H17F2N.ClH/c1-7(2)8(3)9(10,11)5-4-6-12-8;/h7,12H,4-6H2,1-3H3;1H. The van der Waals surface area contributed by atoms with Crippen molar-refractivity contribution in [1.82, 2.24) is 5.32 Å². The maximum atomic E-state index is 13.4. The number of alkyl halides is 2. The molecule has 1 rings (SSSR count). The van der Waals surface area contributed by atoms with E-state index < -0.39 is 11.5 Å². The van der Waals surface area contributed by atoms with Gasteiger partial charge in [0.1, 0.15) is 0 Å². The van der Waals surface area contributed by atoms with Crippen molar-refractivity contribution in [2.75, 3.05) is 6.54 Å². The minimum Gasteiger partial charge on any atom is -0.306 e. The molecule has 0 amide bonds. The Balaban J connectivity index is 0.00000144. The first-order valence-corrected chi connectivity index (χ1v) is 4.53. The van der Waals surface area contributed by atoms with Crippen molar-refractivity contribution in [2.24, 2.45) is 5.92 Å². The van der Waals surface area contributed by atoms with Gasteiger partial charge in [-0.15, -0.1) is 12.4 Å². The summed E-state index contributed by atoms with van der Waals surface area (Å²) in [6.45, 7) is 6.01. The van der Waals surface area contributed by atoms with Crippen LogP contribution in [0.2, 0.25) is 0 Å². The predicted molar refractivity (Wildman–Crippen MR) is 52.7 cm³/mol. The van der Waals surface area contributed by atoms with Crippen molar-refractivity contribution >= 4 is 12.4 Å². The van der Waals surface area contributed by atoms with Crippen LogP contribution in [-0.2, 0) is 0 Å². The molecular formula is C9H18ClF2N. The Bertz CT molecular complexity index is 173. The molecule has 1 heterocycles. The minimum absolute atomic E-state index is 0. The van der Waals surface area contributed by atoms with Crippen LogP contribution in [0.1, 0.15) is 33.6 Å². The van der Waals surface area contributed by atoms with Gasteiger partial charge >= 0.3 is 0 Å². The lowest BCUT2D eigenvalue weighted by molar-refractivity contribution is -0.123. The number of hydrogen-bond donors (Lipinski definition) is 1. The van der Waals surface area contributed by atoms with Crippen LogP contribution in [0.4, 0.5) is 8.78 Å². The SMILES string of the molecule is CC(C)C1(C)NCCCC1(F)F.Cl. The van der Waals surface area contributed by atoms with E-state index in [0.29, 0.717) is 13.0 Å². The molecule has 0 aromatic carbocycles. The van der Waals surface area contributed by atoms with Crippen LogP contribution in [0.3, 0.4) is 0 Å². The first-order valence-electron chi connectivity index (χ1n) is 4.53. The molecule has 0 aliphatic carbocycles. The summed E-state index contributed by atoms with van der Waals surface area (Å²) in [4.78, 5) is 0. The molecule has 1 nitrogen and oxygen atoms in total. The molecule has 0 aromatic rings. The minimum atomic E-state index is -2.56. The third-order valence-electron chi connectivity index (χ3n) is 3.07. The van der Waals surface area contributed by atoms with Crippen LogP contribution in [0.15, 0.2) is 0 Å². The highest BCUT2D eigenvalue weighted by atomic mass is 35.5. The van der Waals surface area contributed by atoms with Gasteiger partial charge in [0.2, 0.25) is 0 Å². The molecule has 1 aliphatic heterocycles. The van der Waals surface area contributed by atoms with E-state index in [-0.39, 0.29) is 24.7 Å². The maximum absolute atomic E-state index is 13.4. The molecule has 0 bridgehead atoms. The van der Waals surface area contributed by atoms with E-state index in [2.05, 4.69) is 5.32 Å². The van der Waals surface area contributed by atoms with Crippen molar-refractivity contribution < 1.29 is 8.78 Å². The monoisotopic (exact) mass is 213 g/mol. The largest absolute Gasteiger partial charge is 0.306 e. The van der Waals surface area contributed by atoms with Gasteiger partial charge in [0.15, 0.2) is 0 Å². The van der Waals surface area contributed by atoms with Crippen molar-refractivity contribution in [1.29, 1.82) is 0 Å². The van der Waals surface area contributed by atoms with Gasteiger partial charge in [-0.1, -0.05) is 13.8 Å². The van der Waals surface area contributed by atoms with Crippen LogP contribution in [0, 0.1) is 5.92 Å². The molecule has 0 radical (unpaired) electrons. The van der Waals surface area contributed by atoms with Gasteiger partial charge in [-0.25, -0.2) is 8.78 Å². The van der Waals surface area contributed by atoms with Gasteiger partial charge < -0.3 is 5.32 Å². The van der Waals surface area contributed by atoms with Gasteiger partial charge in [0.05, 0.1) is 5.54 Å². The number of nitrogens with one attached hydrogen (secondary N) is 1. The van der Waals surface area contributed by atoms with E-state index in [1.165, 1.54) is 0 Å². The van der Waals surface area contributed by atoms with Crippen LogP contribution in [0.5, 0.6) is 0 Å². The average molecular weight is 214 g/mol. The van der Waals surface area contributed by atoms with Gasteiger partial charge in [-0.05, 0) is 25.8 Å². The lowest BCUT2D eigenvalue weighted by Crippen LogP contribution is -2.62. The predicted octanol–water partition coefficient (Wildman–Crippen LogP) is 2.84. The van der Waals surface area contributed by atoms with Crippen LogP contribution in [-0.4, -0.2) is 18.0 Å². The summed E-state index contributed by atoms with van der Waals surface area (Å²) in [6, 6.07) is 0. The van der Waals surface area contributed by atoms with Gasteiger partial charge in [-0.2, -0.15) is 0 Å². The third kappa shape index (κ3) is 2.13. The molecule has 13 heavy (non-hydrogen) atoms. The highest BCUT2D eigenvalue weighted by molar-refractivity contribution is 5.85. The first kappa shape index (κ1) is 13.1. The molecule has 0 spiro atoms. The summed E-state index contributed by atoms with van der Waals surface area (Å²) in [5.41, 5.74) is -1.01. The van der Waals surface area contributed by atoms with Crippen LogP contribution >= 0.6 is 12.4 Å². The third-order valence-corrected chi connectivity index (χ3v) is 3.07. The zero-order valence-corrected chi connectivity index (χ0v) is 9.18. The van der Waals surface area contributed by atoms with Crippen LogP contribution in [0.25, 0.3) is 0 Å². The maximum Gasteiger partial charge on any atom is 0.265 e. The van der Waals surface area contributed by atoms with E-state index in [4.69, 9.17) is 0 Å². The second-order valence-corrected chi connectivity index (χ2v) is 4.09. The zero-order valence-electron chi connectivity index (χ0n) is 8.36. The molecule has 1 fully saturated rings. The molecule has 4 heteroatoms. The number of rotatable bonds is 1. The topological polar surface area (TPSA) is 12.0 Å².